The second-order valence-electron chi connectivity index (χ2n) is 6.09. The zero-order valence-electron chi connectivity index (χ0n) is 10.2. The van der Waals surface area contributed by atoms with Crippen LogP contribution in [0.2, 0.25) is 0 Å². The van der Waals surface area contributed by atoms with Crippen molar-refractivity contribution in [3.63, 3.8) is 0 Å². The Balaban J connectivity index is 2.01. The van der Waals surface area contributed by atoms with Gasteiger partial charge < -0.3 is 4.74 Å². The predicted octanol–water partition coefficient (Wildman–Crippen LogP) is 0.783. The van der Waals surface area contributed by atoms with E-state index in [1.54, 1.807) is 0 Å². The van der Waals surface area contributed by atoms with Crippen molar-refractivity contribution in [1.82, 2.24) is 5.32 Å². The second kappa shape index (κ2) is 3.68. The molecule has 2 rings (SSSR count). The molecule has 1 N–H and O–H groups in total. The Morgan fingerprint density at radius 1 is 1.38 bits per heavy atom. The Bertz CT molecular complexity index is 361. The Kier molecular flexibility index (Phi) is 2.84. The summed E-state index contributed by atoms with van der Waals surface area (Å²) in [6, 6.07) is 0. The van der Waals surface area contributed by atoms with E-state index in [2.05, 4.69) is 26.1 Å². The van der Waals surface area contributed by atoms with Crippen LogP contribution in [0.5, 0.6) is 0 Å². The van der Waals surface area contributed by atoms with E-state index in [4.69, 9.17) is 4.74 Å². The van der Waals surface area contributed by atoms with Crippen LogP contribution in [-0.4, -0.2) is 38.8 Å². The molecule has 2 aliphatic heterocycles. The molecule has 2 fully saturated rings. The summed E-state index contributed by atoms with van der Waals surface area (Å²) in [5, 5.41) is 3.31. The summed E-state index contributed by atoms with van der Waals surface area (Å²) < 4.78 is 28.7. The van der Waals surface area contributed by atoms with Crippen molar-refractivity contribution in [2.24, 2.45) is 11.3 Å². The highest BCUT2D eigenvalue weighted by molar-refractivity contribution is 7.91. The maximum atomic E-state index is 11.5. The van der Waals surface area contributed by atoms with Gasteiger partial charge in [0.2, 0.25) is 0 Å². The highest BCUT2D eigenvalue weighted by Gasteiger charge is 2.46. The lowest BCUT2D eigenvalue weighted by Gasteiger charge is -2.42. The van der Waals surface area contributed by atoms with E-state index in [-0.39, 0.29) is 16.9 Å². The molecule has 1 spiro atoms. The fourth-order valence-electron chi connectivity index (χ4n) is 2.31. The molecule has 2 aliphatic rings. The van der Waals surface area contributed by atoms with E-state index in [1.165, 1.54) is 0 Å². The normalized spacial score (nSPS) is 39.1. The van der Waals surface area contributed by atoms with E-state index in [9.17, 15) is 8.42 Å². The van der Waals surface area contributed by atoms with Gasteiger partial charge in [0.1, 0.15) is 5.72 Å². The van der Waals surface area contributed by atoms with Gasteiger partial charge in [-0.1, -0.05) is 20.8 Å². The van der Waals surface area contributed by atoms with Gasteiger partial charge in [0.05, 0.1) is 18.1 Å². The first kappa shape index (κ1) is 12.3. The second-order valence-corrected chi connectivity index (χ2v) is 8.28. The minimum atomic E-state index is -2.89. The number of sulfone groups is 1. The van der Waals surface area contributed by atoms with Crippen LogP contribution in [0.1, 0.15) is 27.2 Å². The van der Waals surface area contributed by atoms with Crippen LogP contribution in [0, 0.1) is 11.3 Å². The topological polar surface area (TPSA) is 55.4 Å². The largest absolute Gasteiger partial charge is 0.359 e. The van der Waals surface area contributed by atoms with Crippen molar-refractivity contribution in [1.29, 1.82) is 0 Å². The lowest BCUT2D eigenvalue weighted by molar-refractivity contribution is -0.116. The quantitative estimate of drug-likeness (QED) is 0.687. The molecule has 0 aromatic carbocycles. The maximum absolute atomic E-state index is 11.5. The molecule has 0 radical (unpaired) electrons. The van der Waals surface area contributed by atoms with Crippen molar-refractivity contribution in [2.45, 2.75) is 32.9 Å². The molecule has 2 heterocycles. The molecule has 0 aliphatic carbocycles. The fourth-order valence-corrected chi connectivity index (χ4v) is 4.13. The summed E-state index contributed by atoms with van der Waals surface area (Å²) in [6.07, 6.45) is 0.589. The molecule has 0 aromatic rings. The number of hydrogen-bond donors (Lipinski definition) is 1. The summed E-state index contributed by atoms with van der Waals surface area (Å²) in [4.78, 5) is 0. The Morgan fingerprint density at radius 2 is 2.06 bits per heavy atom. The van der Waals surface area contributed by atoms with Crippen LogP contribution in [0.25, 0.3) is 0 Å². The van der Waals surface area contributed by atoms with E-state index in [0.29, 0.717) is 18.9 Å². The first-order chi connectivity index (χ1) is 7.23. The monoisotopic (exact) mass is 247 g/mol. The SMILES string of the molecule is CC(C)(C)C1CNC2(CCS(=O)(=O)C2)OC1. The Hall–Kier alpha value is -0.130. The van der Waals surface area contributed by atoms with Crippen molar-refractivity contribution in [3.05, 3.63) is 0 Å². The molecule has 0 aromatic heterocycles. The minimum Gasteiger partial charge on any atom is -0.359 e. The van der Waals surface area contributed by atoms with Gasteiger partial charge in [-0.15, -0.1) is 0 Å². The lowest BCUT2D eigenvalue weighted by atomic mass is 9.80. The van der Waals surface area contributed by atoms with Gasteiger partial charge >= 0.3 is 0 Å². The van der Waals surface area contributed by atoms with Crippen LogP contribution in [0.4, 0.5) is 0 Å². The zero-order chi connectivity index (χ0) is 12.0. The van der Waals surface area contributed by atoms with E-state index in [0.717, 1.165) is 6.54 Å². The summed E-state index contributed by atoms with van der Waals surface area (Å²) >= 11 is 0. The van der Waals surface area contributed by atoms with Gasteiger partial charge in [-0.2, -0.15) is 0 Å². The van der Waals surface area contributed by atoms with Crippen LogP contribution in [0.15, 0.2) is 0 Å². The van der Waals surface area contributed by atoms with Gasteiger partial charge in [0.15, 0.2) is 9.84 Å². The fraction of sp³-hybridized carbons (Fsp3) is 1.00. The van der Waals surface area contributed by atoms with Gasteiger partial charge in [0.25, 0.3) is 0 Å². The molecule has 16 heavy (non-hydrogen) atoms. The average molecular weight is 247 g/mol. The van der Waals surface area contributed by atoms with Gasteiger partial charge in [-0.3, -0.25) is 5.32 Å². The van der Waals surface area contributed by atoms with Crippen molar-refractivity contribution < 1.29 is 13.2 Å². The molecule has 0 saturated carbocycles. The minimum absolute atomic E-state index is 0.136. The molecule has 0 amide bonds. The van der Waals surface area contributed by atoms with E-state index < -0.39 is 15.6 Å². The first-order valence-corrected chi connectivity index (χ1v) is 7.64. The van der Waals surface area contributed by atoms with Crippen LogP contribution >= 0.6 is 0 Å². The lowest BCUT2D eigenvalue weighted by Crippen LogP contribution is -2.57. The van der Waals surface area contributed by atoms with Crippen molar-refractivity contribution >= 4 is 9.84 Å². The summed E-state index contributed by atoms with van der Waals surface area (Å²) in [7, 11) is -2.89. The smallest absolute Gasteiger partial charge is 0.154 e. The highest BCUT2D eigenvalue weighted by Crippen LogP contribution is 2.34. The summed E-state index contributed by atoms with van der Waals surface area (Å²) in [6.45, 7) is 8.06. The van der Waals surface area contributed by atoms with E-state index >= 15 is 0 Å². The number of nitrogens with one attached hydrogen (secondary N) is 1. The van der Waals surface area contributed by atoms with Crippen molar-refractivity contribution in [2.75, 3.05) is 24.7 Å². The third kappa shape index (κ3) is 2.41. The maximum Gasteiger partial charge on any atom is 0.154 e. The van der Waals surface area contributed by atoms with Gasteiger partial charge in [-0.05, 0) is 11.3 Å². The molecule has 2 saturated heterocycles. The summed E-state index contributed by atoms with van der Waals surface area (Å²) in [5.41, 5.74) is -0.382. The third-order valence-corrected chi connectivity index (χ3v) is 5.46. The summed E-state index contributed by atoms with van der Waals surface area (Å²) in [5.74, 6) is 0.832. The standard InChI is InChI=1S/C11H21NO3S/c1-10(2,3)9-6-12-11(15-7-9)4-5-16(13,14)8-11/h9,12H,4-8H2,1-3H3. The first-order valence-electron chi connectivity index (χ1n) is 5.82. The van der Waals surface area contributed by atoms with Crippen LogP contribution in [-0.2, 0) is 14.6 Å². The molecule has 0 bridgehead atoms. The van der Waals surface area contributed by atoms with E-state index in [1.807, 2.05) is 0 Å². The molecule has 94 valence electrons. The highest BCUT2D eigenvalue weighted by atomic mass is 32.2. The Morgan fingerprint density at radius 3 is 2.44 bits per heavy atom. The molecular weight excluding hydrogens is 226 g/mol. The molecule has 2 unspecified atom stereocenters. The van der Waals surface area contributed by atoms with Crippen LogP contribution in [0.3, 0.4) is 0 Å². The number of rotatable bonds is 0. The molecule has 4 nitrogen and oxygen atoms in total. The Labute approximate surface area is 97.7 Å². The number of ether oxygens (including phenoxy) is 1. The molecular formula is C11H21NO3S. The predicted molar refractivity (Wildman–Crippen MR) is 62.9 cm³/mol. The average Bonchev–Trinajstić information content (AvgIpc) is 2.41. The molecule has 5 heteroatoms. The van der Waals surface area contributed by atoms with Crippen molar-refractivity contribution in [3.8, 4) is 0 Å². The van der Waals surface area contributed by atoms with Gasteiger partial charge in [-0.25, -0.2) is 8.42 Å². The zero-order valence-corrected chi connectivity index (χ0v) is 11.1. The third-order valence-electron chi connectivity index (χ3n) is 3.73. The molecule has 2 atom stereocenters. The number of hydrogen-bond acceptors (Lipinski definition) is 4. The van der Waals surface area contributed by atoms with Crippen LogP contribution < -0.4 is 5.32 Å². The van der Waals surface area contributed by atoms with Gasteiger partial charge in [0, 0.05) is 13.0 Å².